The Hall–Kier alpha value is -0.990. The highest BCUT2D eigenvalue weighted by atomic mass is 35.5. The quantitative estimate of drug-likeness (QED) is 0.591. The lowest BCUT2D eigenvalue weighted by molar-refractivity contribution is -0.148. The molecule has 2 nitrogen and oxygen atoms in total. The van der Waals surface area contributed by atoms with E-state index in [2.05, 4.69) is 0 Å². The maximum Gasteiger partial charge on any atom is 0.331 e. The number of hydrogen-bond acceptors (Lipinski definition) is 2. The summed E-state index contributed by atoms with van der Waals surface area (Å²) in [6.07, 6.45) is 2.92. The number of esters is 1. The first-order valence-corrected chi connectivity index (χ1v) is 5.90. The molecule has 1 aromatic carbocycles. The third kappa shape index (κ3) is 4.80. The van der Waals surface area contributed by atoms with Crippen LogP contribution in [-0.4, -0.2) is 11.6 Å². The molecule has 0 bridgehead atoms. The molecule has 4 heteroatoms. The van der Waals surface area contributed by atoms with Crippen molar-refractivity contribution in [1.82, 2.24) is 0 Å². The Morgan fingerprint density at radius 1 is 1.29 bits per heavy atom. The van der Waals surface area contributed by atoms with Gasteiger partial charge in [0.1, 0.15) is 5.60 Å². The third-order valence-electron chi connectivity index (χ3n) is 1.79. The van der Waals surface area contributed by atoms with E-state index in [9.17, 15) is 4.79 Å². The van der Waals surface area contributed by atoms with Crippen LogP contribution in [0.15, 0.2) is 24.3 Å². The SMILES string of the molecule is CC(C)(C)OC(=O)C=Cc1cccc(Cl)c1Cl. The van der Waals surface area contributed by atoms with Crippen molar-refractivity contribution in [2.45, 2.75) is 26.4 Å². The number of ether oxygens (including phenoxy) is 1. The molecule has 0 aromatic heterocycles. The molecule has 17 heavy (non-hydrogen) atoms. The summed E-state index contributed by atoms with van der Waals surface area (Å²) in [7, 11) is 0. The van der Waals surface area contributed by atoms with Gasteiger partial charge in [-0.2, -0.15) is 0 Å². The minimum atomic E-state index is -0.500. The van der Waals surface area contributed by atoms with Crippen molar-refractivity contribution in [1.29, 1.82) is 0 Å². The summed E-state index contributed by atoms with van der Waals surface area (Å²) in [6, 6.07) is 5.23. The molecular weight excluding hydrogens is 259 g/mol. The van der Waals surface area contributed by atoms with E-state index in [1.807, 2.05) is 20.8 Å². The van der Waals surface area contributed by atoms with E-state index in [0.717, 1.165) is 0 Å². The van der Waals surface area contributed by atoms with E-state index in [1.54, 1.807) is 24.3 Å². The minimum Gasteiger partial charge on any atom is -0.457 e. The van der Waals surface area contributed by atoms with Gasteiger partial charge in [0.2, 0.25) is 0 Å². The molecule has 0 atom stereocenters. The molecule has 0 aliphatic rings. The lowest BCUT2D eigenvalue weighted by Gasteiger charge is -2.17. The Morgan fingerprint density at radius 2 is 1.94 bits per heavy atom. The van der Waals surface area contributed by atoms with Crippen LogP contribution in [0.25, 0.3) is 6.08 Å². The smallest absolute Gasteiger partial charge is 0.331 e. The molecule has 0 unspecified atom stereocenters. The van der Waals surface area contributed by atoms with Gasteiger partial charge < -0.3 is 4.74 Å². The topological polar surface area (TPSA) is 26.3 Å². The van der Waals surface area contributed by atoms with Gasteiger partial charge >= 0.3 is 5.97 Å². The zero-order valence-corrected chi connectivity index (χ0v) is 11.5. The third-order valence-corrected chi connectivity index (χ3v) is 2.62. The molecule has 0 aliphatic carbocycles. The molecule has 1 rings (SSSR count). The standard InChI is InChI=1S/C13H14Cl2O2/c1-13(2,3)17-11(16)8-7-9-5-4-6-10(14)12(9)15/h4-8H,1-3H3. The van der Waals surface area contributed by atoms with Crippen molar-refractivity contribution in [2.75, 3.05) is 0 Å². The molecule has 0 saturated carbocycles. The normalized spacial score (nSPS) is 11.8. The molecule has 92 valence electrons. The fourth-order valence-corrected chi connectivity index (χ4v) is 1.51. The van der Waals surface area contributed by atoms with E-state index >= 15 is 0 Å². The summed E-state index contributed by atoms with van der Waals surface area (Å²) < 4.78 is 5.13. The largest absolute Gasteiger partial charge is 0.457 e. The van der Waals surface area contributed by atoms with E-state index in [4.69, 9.17) is 27.9 Å². The first kappa shape index (κ1) is 14.1. The first-order chi connectivity index (χ1) is 7.79. The van der Waals surface area contributed by atoms with Crippen molar-refractivity contribution in [2.24, 2.45) is 0 Å². The van der Waals surface area contributed by atoms with Crippen LogP contribution in [-0.2, 0) is 9.53 Å². The molecule has 0 N–H and O–H groups in total. The molecule has 0 fully saturated rings. The van der Waals surface area contributed by atoms with Gasteiger partial charge in [-0.1, -0.05) is 35.3 Å². The summed E-state index contributed by atoms with van der Waals surface area (Å²) in [5.74, 6) is -0.409. The maximum absolute atomic E-state index is 11.4. The lowest BCUT2D eigenvalue weighted by atomic mass is 10.2. The number of halogens is 2. The lowest BCUT2D eigenvalue weighted by Crippen LogP contribution is -2.22. The Balaban J connectivity index is 2.78. The Morgan fingerprint density at radius 3 is 2.53 bits per heavy atom. The highest BCUT2D eigenvalue weighted by Gasteiger charge is 2.14. The van der Waals surface area contributed by atoms with Crippen molar-refractivity contribution >= 4 is 35.2 Å². The summed E-state index contributed by atoms with van der Waals surface area (Å²) in [5, 5.41) is 0.881. The molecule has 0 spiro atoms. The zero-order valence-electron chi connectivity index (χ0n) is 9.96. The zero-order chi connectivity index (χ0) is 13.1. The molecular formula is C13H14Cl2O2. The van der Waals surface area contributed by atoms with Crippen LogP contribution in [0.2, 0.25) is 10.0 Å². The van der Waals surface area contributed by atoms with Crippen LogP contribution in [0.5, 0.6) is 0 Å². The number of hydrogen-bond donors (Lipinski definition) is 0. The van der Waals surface area contributed by atoms with Crippen LogP contribution in [0.1, 0.15) is 26.3 Å². The molecule has 0 amide bonds. The fraction of sp³-hybridized carbons (Fsp3) is 0.308. The summed E-state index contributed by atoms with van der Waals surface area (Å²) in [4.78, 5) is 11.4. The van der Waals surface area contributed by atoms with Gasteiger partial charge in [-0.25, -0.2) is 4.79 Å². The van der Waals surface area contributed by atoms with Gasteiger partial charge in [0.05, 0.1) is 10.0 Å². The van der Waals surface area contributed by atoms with Gasteiger partial charge in [0.15, 0.2) is 0 Å². The second-order valence-electron chi connectivity index (χ2n) is 4.51. The summed E-state index contributed by atoms with van der Waals surface area (Å²) >= 11 is 11.8. The highest BCUT2D eigenvalue weighted by Crippen LogP contribution is 2.26. The molecule has 0 radical (unpaired) electrons. The number of rotatable bonds is 2. The average Bonchev–Trinajstić information content (AvgIpc) is 2.18. The van der Waals surface area contributed by atoms with E-state index in [1.165, 1.54) is 6.08 Å². The van der Waals surface area contributed by atoms with Crippen molar-refractivity contribution in [3.63, 3.8) is 0 Å². The van der Waals surface area contributed by atoms with Crippen LogP contribution in [0.4, 0.5) is 0 Å². The highest BCUT2D eigenvalue weighted by molar-refractivity contribution is 6.42. The van der Waals surface area contributed by atoms with Crippen LogP contribution < -0.4 is 0 Å². The molecule has 1 aromatic rings. The van der Waals surface area contributed by atoms with E-state index < -0.39 is 11.6 Å². The Kier molecular flexibility index (Phi) is 4.61. The van der Waals surface area contributed by atoms with Gasteiger partial charge in [-0.15, -0.1) is 0 Å². The minimum absolute atomic E-state index is 0.409. The Bertz CT molecular complexity index is 445. The van der Waals surface area contributed by atoms with Crippen molar-refractivity contribution < 1.29 is 9.53 Å². The number of carbonyl (C=O) groups is 1. The number of benzene rings is 1. The van der Waals surface area contributed by atoms with E-state index in [0.29, 0.717) is 15.6 Å². The van der Waals surface area contributed by atoms with Crippen LogP contribution >= 0.6 is 23.2 Å². The summed E-state index contributed by atoms with van der Waals surface area (Å²) in [5.41, 5.74) is 0.185. The number of carbonyl (C=O) groups excluding carboxylic acids is 1. The monoisotopic (exact) mass is 272 g/mol. The van der Waals surface area contributed by atoms with Gasteiger partial charge in [0.25, 0.3) is 0 Å². The van der Waals surface area contributed by atoms with Crippen LogP contribution in [0, 0.1) is 0 Å². The van der Waals surface area contributed by atoms with Crippen LogP contribution in [0.3, 0.4) is 0 Å². The molecule has 0 heterocycles. The molecule has 0 saturated heterocycles. The second-order valence-corrected chi connectivity index (χ2v) is 5.30. The van der Waals surface area contributed by atoms with Crippen molar-refractivity contribution in [3.05, 3.63) is 39.9 Å². The average molecular weight is 273 g/mol. The van der Waals surface area contributed by atoms with E-state index in [-0.39, 0.29) is 0 Å². The van der Waals surface area contributed by atoms with Crippen molar-refractivity contribution in [3.8, 4) is 0 Å². The second kappa shape index (κ2) is 5.56. The summed E-state index contributed by atoms with van der Waals surface area (Å²) in [6.45, 7) is 5.43. The van der Waals surface area contributed by atoms with Gasteiger partial charge in [0, 0.05) is 6.08 Å². The van der Waals surface area contributed by atoms with Gasteiger partial charge in [-0.3, -0.25) is 0 Å². The first-order valence-electron chi connectivity index (χ1n) is 5.15. The Labute approximate surface area is 111 Å². The maximum atomic E-state index is 11.4. The molecule has 0 aliphatic heterocycles. The predicted octanol–water partition coefficient (Wildman–Crippen LogP) is 4.35. The fourth-order valence-electron chi connectivity index (χ4n) is 1.14. The predicted molar refractivity (Wildman–Crippen MR) is 71.3 cm³/mol. The van der Waals surface area contributed by atoms with Gasteiger partial charge in [-0.05, 0) is 38.5 Å².